The van der Waals surface area contributed by atoms with Crippen LogP contribution in [0, 0.1) is 11.8 Å². The Balaban J connectivity index is 1.21. The SMILES string of the molecule is CCCCC(CC)CCc1ccc(-c2ccc(-c3c4nsnc4c(-c4ccc(-c5ccc(CCC(CC)CCCC)cc5)s4)c4nc(CC)c(CC)nc34)s2)cc1. The van der Waals surface area contributed by atoms with Crippen LogP contribution in [0.25, 0.3) is 63.8 Å². The first-order valence-electron chi connectivity index (χ1n) is 21.8. The number of fused-ring (bicyclic) bond motifs is 2. The van der Waals surface area contributed by atoms with Crippen LogP contribution in [0.3, 0.4) is 0 Å². The van der Waals surface area contributed by atoms with Gasteiger partial charge in [0.05, 0.1) is 23.1 Å². The average Bonchev–Trinajstić information content (AvgIpc) is 4.05. The molecule has 3 aromatic carbocycles. The molecular weight excluding hydrogens is 753 g/mol. The van der Waals surface area contributed by atoms with Crippen molar-refractivity contribution in [1.29, 1.82) is 0 Å². The predicted octanol–water partition coefficient (Wildman–Crippen LogP) is 15.8. The highest BCUT2D eigenvalue weighted by molar-refractivity contribution is 7.19. The molecule has 0 bridgehead atoms. The van der Waals surface area contributed by atoms with Gasteiger partial charge in [-0.3, -0.25) is 0 Å². The van der Waals surface area contributed by atoms with Crippen LogP contribution in [-0.4, -0.2) is 18.7 Å². The van der Waals surface area contributed by atoms with Crippen LogP contribution in [-0.2, 0) is 25.7 Å². The fraction of sp³-hybridized carbons (Fsp3) is 0.440. The van der Waals surface area contributed by atoms with E-state index in [9.17, 15) is 0 Å². The minimum absolute atomic E-state index is 0.829. The van der Waals surface area contributed by atoms with Gasteiger partial charge in [0.1, 0.15) is 22.1 Å². The van der Waals surface area contributed by atoms with Crippen molar-refractivity contribution in [3.05, 3.63) is 95.3 Å². The molecule has 0 saturated heterocycles. The molecule has 4 aromatic heterocycles. The topological polar surface area (TPSA) is 51.6 Å². The summed E-state index contributed by atoms with van der Waals surface area (Å²) in [5, 5.41) is 0. The quantitative estimate of drug-likeness (QED) is 0.0769. The molecule has 0 radical (unpaired) electrons. The van der Waals surface area contributed by atoms with Crippen molar-refractivity contribution in [3.8, 4) is 41.8 Å². The Labute approximate surface area is 353 Å². The van der Waals surface area contributed by atoms with Crippen LogP contribution >= 0.6 is 34.4 Å². The van der Waals surface area contributed by atoms with Gasteiger partial charge in [0.2, 0.25) is 0 Å². The van der Waals surface area contributed by atoms with E-state index in [4.69, 9.17) is 18.7 Å². The smallest absolute Gasteiger partial charge is 0.116 e. The zero-order valence-corrected chi connectivity index (χ0v) is 37.4. The number of hydrogen-bond donors (Lipinski definition) is 0. The summed E-state index contributed by atoms with van der Waals surface area (Å²) in [5.41, 5.74) is 13.3. The lowest BCUT2D eigenvalue weighted by atomic mass is 9.92. The summed E-state index contributed by atoms with van der Waals surface area (Å²) in [7, 11) is 0. The maximum absolute atomic E-state index is 5.42. The van der Waals surface area contributed by atoms with Crippen LogP contribution in [0.2, 0.25) is 0 Å². The molecule has 4 heterocycles. The van der Waals surface area contributed by atoms with E-state index in [1.54, 1.807) is 0 Å². The summed E-state index contributed by atoms with van der Waals surface area (Å²) in [4.78, 5) is 15.7. The van der Waals surface area contributed by atoms with E-state index in [1.807, 2.05) is 22.7 Å². The molecule has 0 spiro atoms. The third kappa shape index (κ3) is 9.42. The van der Waals surface area contributed by atoms with Crippen molar-refractivity contribution in [2.75, 3.05) is 0 Å². The molecular formula is C50H60N4S3. The molecule has 7 aromatic rings. The molecule has 0 aliphatic heterocycles. The Morgan fingerprint density at radius 3 is 1.23 bits per heavy atom. The highest BCUT2D eigenvalue weighted by Gasteiger charge is 2.25. The fourth-order valence-corrected chi connectivity index (χ4v) is 11.1. The lowest BCUT2D eigenvalue weighted by Crippen LogP contribution is -2.03. The average molecular weight is 813 g/mol. The van der Waals surface area contributed by atoms with Gasteiger partial charge in [-0.05, 0) is 96.9 Å². The molecule has 7 rings (SSSR count). The molecule has 0 aliphatic carbocycles. The van der Waals surface area contributed by atoms with Crippen LogP contribution < -0.4 is 0 Å². The number of benzene rings is 3. The van der Waals surface area contributed by atoms with E-state index in [0.29, 0.717) is 0 Å². The standard InChI is InChI=1S/C50H60N4S3/c1-7-13-15-33(9-3)17-19-35-21-25-37(26-22-35)41-29-31-43(55-41)45-47-48(52-40(12-6)39(11-5)51-47)46(50-49(45)53-57-54-50)44-32-30-42(56-44)38-27-23-36(24-28-38)20-18-34(10-4)16-14-8-2/h21-34H,7-20H2,1-6H3. The van der Waals surface area contributed by atoms with Crippen molar-refractivity contribution in [2.45, 2.75) is 131 Å². The van der Waals surface area contributed by atoms with Gasteiger partial charge in [-0.1, -0.05) is 141 Å². The Kier molecular flexibility index (Phi) is 14.4. The Morgan fingerprint density at radius 1 is 0.456 bits per heavy atom. The van der Waals surface area contributed by atoms with Crippen molar-refractivity contribution < 1.29 is 0 Å². The van der Waals surface area contributed by atoms with Crippen molar-refractivity contribution in [2.24, 2.45) is 11.8 Å². The van der Waals surface area contributed by atoms with Crippen LogP contribution in [0.5, 0.6) is 0 Å². The molecule has 57 heavy (non-hydrogen) atoms. The van der Waals surface area contributed by atoms with Gasteiger partial charge < -0.3 is 0 Å². The Bertz CT molecular complexity index is 2180. The van der Waals surface area contributed by atoms with Gasteiger partial charge >= 0.3 is 0 Å². The van der Waals surface area contributed by atoms with Gasteiger partial charge in [0.25, 0.3) is 0 Å². The van der Waals surface area contributed by atoms with Gasteiger partial charge in [-0.15, -0.1) is 22.7 Å². The molecule has 0 aliphatic rings. The van der Waals surface area contributed by atoms with Crippen LogP contribution in [0.15, 0.2) is 72.8 Å². The number of unbranched alkanes of at least 4 members (excludes halogenated alkanes) is 2. The third-order valence-electron chi connectivity index (χ3n) is 12.1. The summed E-state index contributed by atoms with van der Waals surface area (Å²) >= 11 is 4.92. The van der Waals surface area contributed by atoms with Crippen molar-refractivity contribution in [1.82, 2.24) is 18.7 Å². The fourth-order valence-electron chi connectivity index (χ4n) is 8.39. The predicted molar refractivity (Wildman–Crippen MR) is 250 cm³/mol. The van der Waals surface area contributed by atoms with E-state index in [1.165, 1.54) is 108 Å². The van der Waals surface area contributed by atoms with Gasteiger partial charge in [0, 0.05) is 30.6 Å². The molecule has 2 atom stereocenters. The second-order valence-corrected chi connectivity index (χ2v) is 18.6. The van der Waals surface area contributed by atoms with Crippen LogP contribution in [0.1, 0.15) is 128 Å². The van der Waals surface area contributed by atoms with Crippen LogP contribution in [0.4, 0.5) is 0 Å². The molecule has 0 fully saturated rings. The summed E-state index contributed by atoms with van der Waals surface area (Å²) in [5.74, 6) is 1.66. The first kappa shape index (κ1) is 41.4. The van der Waals surface area contributed by atoms with E-state index in [0.717, 1.165) is 91.9 Å². The zero-order valence-electron chi connectivity index (χ0n) is 35.0. The third-order valence-corrected chi connectivity index (χ3v) is 14.9. The van der Waals surface area contributed by atoms with E-state index < -0.39 is 0 Å². The number of nitrogens with zero attached hydrogens (tertiary/aromatic N) is 4. The number of thiophene rings is 2. The molecule has 0 N–H and O–H groups in total. The number of aryl methyl sites for hydroxylation is 4. The van der Waals surface area contributed by atoms with Gasteiger partial charge in [-0.25, -0.2) is 9.97 Å². The monoisotopic (exact) mass is 812 g/mol. The lowest BCUT2D eigenvalue weighted by Gasteiger charge is -2.14. The zero-order chi connectivity index (χ0) is 39.7. The molecule has 0 amide bonds. The van der Waals surface area contributed by atoms with Crippen molar-refractivity contribution in [3.63, 3.8) is 0 Å². The first-order chi connectivity index (χ1) is 28.0. The maximum Gasteiger partial charge on any atom is 0.116 e. The second-order valence-electron chi connectivity index (χ2n) is 15.9. The molecule has 0 saturated carbocycles. The molecule has 298 valence electrons. The van der Waals surface area contributed by atoms with E-state index in [2.05, 4.69) is 114 Å². The highest BCUT2D eigenvalue weighted by Crippen LogP contribution is 2.47. The lowest BCUT2D eigenvalue weighted by molar-refractivity contribution is 0.422. The van der Waals surface area contributed by atoms with E-state index in [-0.39, 0.29) is 0 Å². The summed E-state index contributed by atoms with van der Waals surface area (Å²) in [6.45, 7) is 13.7. The largest absolute Gasteiger partial charge is 0.249 e. The number of hydrogen-bond acceptors (Lipinski definition) is 7. The summed E-state index contributed by atoms with van der Waals surface area (Å²) < 4.78 is 9.97. The van der Waals surface area contributed by atoms with E-state index >= 15 is 0 Å². The Hall–Kier alpha value is -3.78. The Morgan fingerprint density at radius 2 is 0.860 bits per heavy atom. The first-order valence-corrected chi connectivity index (χ1v) is 24.2. The summed E-state index contributed by atoms with van der Waals surface area (Å²) in [6, 6.07) is 27.6. The minimum atomic E-state index is 0.829. The normalized spacial score (nSPS) is 12.9. The van der Waals surface area contributed by atoms with Gasteiger partial charge in [-0.2, -0.15) is 8.75 Å². The van der Waals surface area contributed by atoms with Gasteiger partial charge in [0.15, 0.2) is 0 Å². The minimum Gasteiger partial charge on any atom is -0.249 e. The number of aromatic nitrogens is 4. The highest BCUT2D eigenvalue weighted by atomic mass is 32.1. The van der Waals surface area contributed by atoms with Crippen molar-refractivity contribution >= 4 is 56.5 Å². The molecule has 2 unspecified atom stereocenters. The molecule has 7 heteroatoms. The second kappa shape index (κ2) is 19.8. The summed E-state index contributed by atoms with van der Waals surface area (Å²) in [6.07, 6.45) is 17.1. The molecule has 4 nitrogen and oxygen atoms in total. The number of rotatable bonds is 20. The maximum atomic E-state index is 5.42.